The van der Waals surface area contributed by atoms with Gasteiger partial charge in [-0.05, 0) is 11.4 Å². The van der Waals surface area contributed by atoms with E-state index in [4.69, 9.17) is 4.74 Å². The summed E-state index contributed by atoms with van der Waals surface area (Å²) in [5.41, 5.74) is 0. The molecule has 0 spiro atoms. The van der Waals surface area contributed by atoms with Crippen molar-refractivity contribution < 1.29 is 14.3 Å². The molecular weight excluding hydrogens is 164 g/mol. The molecule has 0 aliphatic rings. The molecule has 0 radical (unpaired) electrons. The molecule has 0 saturated heterocycles. The molecule has 0 saturated carbocycles. The Morgan fingerprint density at radius 1 is 1.73 bits per heavy atom. The van der Waals surface area contributed by atoms with Crippen LogP contribution in [0.3, 0.4) is 0 Å². The Kier molecular flexibility index (Phi) is 2.92. The van der Waals surface area contributed by atoms with Gasteiger partial charge in [-0.1, -0.05) is 0 Å². The van der Waals surface area contributed by atoms with Crippen molar-refractivity contribution in [1.29, 1.82) is 0 Å². The van der Waals surface area contributed by atoms with E-state index in [-0.39, 0.29) is 0 Å². The zero-order chi connectivity index (χ0) is 8.10. The zero-order valence-corrected chi connectivity index (χ0v) is 6.89. The highest BCUT2D eigenvalue weighted by Gasteiger charge is 2.02. The van der Waals surface area contributed by atoms with Gasteiger partial charge in [0.25, 0.3) is 6.47 Å². The number of hydrogen-bond acceptors (Lipinski definition) is 4. The highest BCUT2D eigenvalue weighted by atomic mass is 32.1. The minimum atomic E-state index is 0.296. The first-order valence-corrected chi connectivity index (χ1v) is 3.92. The zero-order valence-electron chi connectivity index (χ0n) is 6.07. The lowest BCUT2D eigenvalue weighted by Gasteiger charge is -1.99. The Balaban J connectivity index is 2.60. The summed E-state index contributed by atoms with van der Waals surface area (Å²) in [5, 5.41) is 1.89. The van der Waals surface area contributed by atoms with Gasteiger partial charge in [-0.15, -0.1) is 11.3 Å². The van der Waals surface area contributed by atoms with Gasteiger partial charge in [-0.25, -0.2) is 0 Å². The van der Waals surface area contributed by atoms with Crippen molar-refractivity contribution in [3.63, 3.8) is 0 Å². The maximum Gasteiger partial charge on any atom is 0.293 e. The smallest absolute Gasteiger partial charge is 0.293 e. The Labute approximate surface area is 68.6 Å². The van der Waals surface area contributed by atoms with Crippen LogP contribution in [-0.2, 0) is 16.1 Å². The van der Waals surface area contributed by atoms with E-state index in [1.807, 2.05) is 11.4 Å². The van der Waals surface area contributed by atoms with Gasteiger partial charge in [0.2, 0.25) is 0 Å². The molecule has 0 bridgehead atoms. The van der Waals surface area contributed by atoms with E-state index in [0.717, 1.165) is 10.6 Å². The van der Waals surface area contributed by atoms with Gasteiger partial charge in [0.1, 0.15) is 12.4 Å². The van der Waals surface area contributed by atoms with Crippen molar-refractivity contribution >= 4 is 17.8 Å². The molecule has 0 amide bonds. The van der Waals surface area contributed by atoms with Crippen molar-refractivity contribution in [2.45, 2.75) is 6.61 Å². The molecule has 0 aliphatic carbocycles. The van der Waals surface area contributed by atoms with E-state index < -0.39 is 0 Å². The first-order valence-electron chi connectivity index (χ1n) is 3.04. The summed E-state index contributed by atoms with van der Waals surface area (Å²) >= 11 is 1.51. The molecule has 0 fully saturated rings. The van der Waals surface area contributed by atoms with Crippen LogP contribution in [0.25, 0.3) is 0 Å². The standard InChI is InChI=1S/C7H8O3S/c1-9-6-2-3-11-7(6)4-10-5-8/h2-3,5H,4H2,1H3. The fraction of sp³-hybridized carbons (Fsp3) is 0.286. The van der Waals surface area contributed by atoms with E-state index in [1.165, 1.54) is 11.3 Å². The molecule has 4 heteroatoms. The first-order chi connectivity index (χ1) is 5.38. The second-order valence-corrected chi connectivity index (χ2v) is 2.82. The number of carbonyl (C=O) groups excluding carboxylic acids is 1. The summed E-state index contributed by atoms with van der Waals surface area (Å²) in [6.45, 7) is 0.726. The molecule has 1 aromatic rings. The van der Waals surface area contributed by atoms with Crippen LogP contribution in [-0.4, -0.2) is 13.6 Å². The first kappa shape index (κ1) is 8.07. The number of methoxy groups -OCH3 is 1. The molecule has 11 heavy (non-hydrogen) atoms. The molecule has 0 unspecified atom stereocenters. The minimum absolute atomic E-state index is 0.296. The lowest BCUT2D eigenvalue weighted by atomic mass is 10.4. The Morgan fingerprint density at radius 2 is 2.55 bits per heavy atom. The molecule has 1 aromatic heterocycles. The average molecular weight is 172 g/mol. The third kappa shape index (κ3) is 1.94. The monoisotopic (exact) mass is 172 g/mol. The van der Waals surface area contributed by atoms with Gasteiger partial charge in [0, 0.05) is 0 Å². The summed E-state index contributed by atoms with van der Waals surface area (Å²) in [4.78, 5) is 10.8. The number of rotatable bonds is 4. The quantitative estimate of drug-likeness (QED) is 0.644. The topological polar surface area (TPSA) is 35.5 Å². The van der Waals surface area contributed by atoms with E-state index in [2.05, 4.69) is 4.74 Å². The minimum Gasteiger partial charge on any atom is -0.495 e. The summed E-state index contributed by atoms with van der Waals surface area (Å²) in [6, 6.07) is 1.84. The van der Waals surface area contributed by atoms with E-state index >= 15 is 0 Å². The Bertz CT molecular complexity index is 231. The maximum absolute atomic E-state index is 9.84. The van der Waals surface area contributed by atoms with Crippen molar-refractivity contribution in [3.8, 4) is 5.75 Å². The van der Waals surface area contributed by atoms with Crippen LogP contribution in [0, 0.1) is 0 Å². The molecule has 0 atom stereocenters. The van der Waals surface area contributed by atoms with Crippen LogP contribution in [0.15, 0.2) is 11.4 Å². The molecule has 60 valence electrons. The average Bonchev–Trinajstić information content (AvgIpc) is 2.47. The highest BCUT2D eigenvalue weighted by molar-refractivity contribution is 7.10. The molecule has 0 aliphatic heterocycles. The van der Waals surface area contributed by atoms with Gasteiger partial charge in [-0.2, -0.15) is 0 Å². The fourth-order valence-electron chi connectivity index (χ4n) is 0.726. The van der Waals surface area contributed by atoms with Gasteiger partial charge in [0.15, 0.2) is 0 Å². The number of carbonyl (C=O) groups is 1. The number of ether oxygens (including phenoxy) is 2. The summed E-state index contributed by atoms with van der Waals surface area (Å²) in [5.74, 6) is 0.775. The molecule has 1 rings (SSSR count). The van der Waals surface area contributed by atoms with Crippen molar-refractivity contribution in [2.75, 3.05) is 7.11 Å². The predicted molar refractivity (Wildman–Crippen MR) is 41.7 cm³/mol. The third-order valence-corrected chi connectivity index (χ3v) is 2.08. The van der Waals surface area contributed by atoms with Gasteiger partial charge in [0.05, 0.1) is 12.0 Å². The van der Waals surface area contributed by atoms with Gasteiger partial charge < -0.3 is 9.47 Å². The number of thiophene rings is 1. The lowest BCUT2D eigenvalue weighted by Crippen LogP contribution is -1.90. The molecular formula is C7H8O3S. The fourth-order valence-corrected chi connectivity index (χ4v) is 1.49. The SMILES string of the molecule is COc1ccsc1COC=O. The lowest BCUT2D eigenvalue weighted by molar-refractivity contribution is -0.129. The van der Waals surface area contributed by atoms with Crippen molar-refractivity contribution in [1.82, 2.24) is 0 Å². The summed E-state index contributed by atoms with van der Waals surface area (Å²) < 4.78 is 9.57. The predicted octanol–water partition coefficient (Wildman–Crippen LogP) is 1.43. The van der Waals surface area contributed by atoms with E-state index in [1.54, 1.807) is 7.11 Å². The van der Waals surface area contributed by atoms with Crippen LogP contribution >= 0.6 is 11.3 Å². The van der Waals surface area contributed by atoms with Gasteiger partial charge >= 0.3 is 0 Å². The third-order valence-electron chi connectivity index (χ3n) is 1.21. The van der Waals surface area contributed by atoms with Crippen LogP contribution in [0.1, 0.15) is 4.88 Å². The van der Waals surface area contributed by atoms with E-state index in [9.17, 15) is 4.79 Å². The van der Waals surface area contributed by atoms with E-state index in [0.29, 0.717) is 13.1 Å². The Hall–Kier alpha value is -1.03. The Morgan fingerprint density at radius 3 is 3.18 bits per heavy atom. The highest BCUT2D eigenvalue weighted by Crippen LogP contribution is 2.24. The normalized spacial score (nSPS) is 9.18. The molecule has 1 heterocycles. The van der Waals surface area contributed by atoms with Crippen LogP contribution in [0.4, 0.5) is 0 Å². The van der Waals surface area contributed by atoms with Crippen molar-refractivity contribution in [2.24, 2.45) is 0 Å². The largest absolute Gasteiger partial charge is 0.495 e. The maximum atomic E-state index is 9.84. The molecule has 0 N–H and O–H groups in total. The molecule has 3 nitrogen and oxygen atoms in total. The second kappa shape index (κ2) is 3.98. The van der Waals surface area contributed by atoms with Gasteiger partial charge in [-0.3, -0.25) is 4.79 Å². The number of hydrogen-bond donors (Lipinski definition) is 0. The summed E-state index contributed by atoms with van der Waals surface area (Å²) in [6.07, 6.45) is 0. The second-order valence-electron chi connectivity index (χ2n) is 1.82. The molecule has 0 aromatic carbocycles. The van der Waals surface area contributed by atoms with Crippen molar-refractivity contribution in [3.05, 3.63) is 16.3 Å². The van der Waals surface area contributed by atoms with Crippen LogP contribution in [0.2, 0.25) is 0 Å². The van der Waals surface area contributed by atoms with Crippen LogP contribution in [0.5, 0.6) is 5.75 Å². The van der Waals surface area contributed by atoms with Crippen LogP contribution < -0.4 is 4.74 Å². The summed E-state index contributed by atoms with van der Waals surface area (Å²) in [7, 11) is 1.59.